The maximum absolute atomic E-state index is 9.92. The van der Waals surface area contributed by atoms with Gasteiger partial charge in [0, 0.05) is 6.54 Å². The molecule has 0 rings (SSSR count). The number of hydrogen-bond donors (Lipinski definition) is 2. The summed E-state index contributed by atoms with van der Waals surface area (Å²) in [6.45, 7) is 8.06. The molecular weight excluding hydrogens is 198 g/mol. The van der Waals surface area contributed by atoms with Gasteiger partial charge in [0.15, 0.2) is 0 Å². The van der Waals surface area contributed by atoms with E-state index in [0.29, 0.717) is 0 Å². The van der Waals surface area contributed by atoms with Gasteiger partial charge in [-0.25, -0.2) is 0 Å². The molecule has 0 radical (unpaired) electrons. The Hall–Kier alpha value is -0.0800. The van der Waals surface area contributed by atoms with Crippen LogP contribution in [-0.2, 0) is 0 Å². The van der Waals surface area contributed by atoms with E-state index in [-0.39, 0.29) is 0 Å². The highest BCUT2D eigenvalue weighted by atomic mass is 16.3. The van der Waals surface area contributed by atoms with Gasteiger partial charge in [-0.2, -0.15) is 0 Å². The SMILES string of the molecule is CCCCCCCCNCC(C)(O)CCC. The van der Waals surface area contributed by atoms with Crippen molar-refractivity contribution < 1.29 is 5.11 Å². The number of aliphatic hydroxyl groups is 1. The van der Waals surface area contributed by atoms with Crippen LogP contribution < -0.4 is 5.32 Å². The third-order valence-corrected chi connectivity index (χ3v) is 3.00. The average Bonchev–Trinajstić information content (AvgIpc) is 2.22. The van der Waals surface area contributed by atoms with Gasteiger partial charge in [0.25, 0.3) is 0 Å². The zero-order valence-corrected chi connectivity index (χ0v) is 11.5. The van der Waals surface area contributed by atoms with E-state index in [1.165, 1.54) is 38.5 Å². The molecule has 0 saturated heterocycles. The zero-order valence-electron chi connectivity index (χ0n) is 11.5. The van der Waals surface area contributed by atoms with Crippen molar-refractivity contribution in [3.63, 3.8) is 0 Å². The first-order chi connectivity index (χ1) is 7.62. The predicted molar refractivity (Wildman–Crippen MR) is 71.8 cm³/mol. The zero-order chi connectivity index (χ0) is 12.3. The maximum Gasteiger partial charge on any atom is 0.0743 e. The standard InChI is InChI=1S/C14H31NO/c1-4-6-7-8-9-10-12-15-13-14(3,16)11-5-2/h15-16H,4-13H2,1-3H3. The summed E-state index contributed by atoms with van der Waals surface area (Å²) in [4.78, 5) is 0. The van der Waals surface area contributed by atoms with E-state index in [9.17, 15) is 5.11 Å². The maximum atomic E-state index is 9.92. The lowest BCUT2D eigenvalue weighted by molar-refractivity contribution is 0.0502. The molecule has 0 heterocycles. The first-order valence-electron chi connectivity index (χ1n) is 7.05. The van der Waals surface area contributed by atoms with Crippen molar-refractivity contribution in [3.8, 4) is 0 Å². The van der Waals surface area contributed by atoms with Crippen LogP contribution in [0.3, 0.4) is 0 Å². The fourth-order valence-corrected chi connectivity index (χ4v) is 2.01. The topological polar surface area (TPSA) is 32.3 Å². The lowest BCUT2D eigenvalue weighted by Gasteiger charge is -2.23. The molecule has 98 valence electrons. The van der Waals surface area contributed by atoms with Gasteiger partial charge >= 0.3 is 0 Å². The summed E-state index contributed by atoms with van der Waals surface area (Å²) in [6, 6.07) is 0. The lowest BCUT2D eigenvalue weighted by atomic mass is 10.0. The van der Waals surface area contributed by atoms with Crippen molar-refractivity contribution in [2.45, 2.75) is 77.7 Å². The van der Waals surface area contributed by atoms with Gasteiger partial charge in [0.1, 0.15) is 0 Å². The number of hydrogen-bond acceptors (Lipinski definition) is 2. The van der Waals surface area contributed by atoms with Gasteiger partial charge in [-0.3, -0.25) is 0 Å². The number of rotatable bonds is 11. The molecule has 2 nitrogen and oxygen atoms in total. The van der Waals surface area contributed by atoms with Crippen molar-refractivity contribution in [3.05, 3.63) is 0 Å². The van der Waals surface area contributed by atoms with Gasteiger partial charge < -0.3 is 10.4 Å². The quantitative estimate of drug-likeness (QED) is 0.532. The molecule has 16 heavy (non-hydrogen) atoms. The second-order valence-electron chi connectivity index (χ2n) is 5.19. The van der Waals surface area contributed by atoms with Crippen LogP contribution in [0.2, 0.25) is 0 Å². The Morgan fingerprint density at radius 1 is 0.938 bits per heavy atom. The molecule has 2 heteroatoms. The third-order valence-electron chi connectivity index (χ3n) is 3.00. The van der Waals surface area contributed by atoms with Crippen molar-refractivity contribution in [1.82, 2.24) is 5.32 Å². The smallest absolute Gasteiger partial charge is 0.0743 e. The largest absolute Gasteiger partial charge is 0.389 e. The van der Waals surface area contributed by atoms with Gasteiger partial charge in [0.2, 0.25) is 0 Å². The molecule has 0 aliphatic rings. The molecule has 2 N–H and O–H groups in total. The first kappa shape index (κ1) is 15.9. The molecule has 0 aliphatic carbocycles. The minimum atomic E-state index is -0.517. The monoisotopic (exact) mass is 229 g/mol. The molecule has 0 spiro atoms. The molecule has 1 unspecified atom stereocenters. The molecule has 0 saturated carbocycles. The van der Waals surface area contributed by atoms with E-state index in [1.54, 1.807) is 0 Å². The fraction of sp³-hybridized carbons (Fsp3) is 1.00. The van der Waals surface area contributed by atoms with Crippen LogP contribution in [0, 0.1) is 0 Å². The lowest BCUT2D eigenvalue weighted by Crippen LogP contribution is -2.37. The Morgan fingerprint density at radius 2 is 1.56 bits per heavy atom. The molecule has 0 aliphatic heterocycles. The molecule has 0 amide bonds. The molecule has 1 atom stereocenters. The average molecular weight is 229 g/mol. The highest BCUT2D eigenvalue weighted by Crippen LogP contribution is 2.10. The predicted octanol–water partition coefficient (Wildman–Crippen LogP) is 3.49. The van der Waals surface area contributed by atoms with E-state index in [4.69, 9.17) is 0 Å². The summed E-state index contributed by atoms with van der Waals surface area (Å²) in [7, 11) is 0. The highest BCUT2D eigenvalue weighted by Gasteiger charge is 2.17. The minimum Gasteiger partial charge on any atom is -0.389 e. The van der Waals surface area contributed by atoms with Gasteiger partial charge in [0.05, 0.1) is 5.60 Å². The van der Waals surface area contributed by atoms with Crippen molar-refractivity contribution >= 4 is 0 Å². The van der Waals surface area contributed by atoms with Crippen LogP contribution >= 0.6 is 0 Å². The van der Waals surface area contributed by atoms with Crippen molar-refractivity contribution in [1.29, 1.82) is 0 Å². The summed E-state index contributed by atoms with van der Waals surface area (Å²) in [5.41, 5.74) is -0.517. The van der Waals surface area contributed by atoms with Crippen LogP contribution in [0.4, 0.5) is 0 Å². The van der Waals surface area contributed by atoms with Crippen LogP contribution in [0.15, 0.2) is 0 Å². The normalized spacial score (nSPS) is 15.0. The van der Waals surface area contributed by atoms with E-state index in [1.807, 2.05) is 6.92 Å². The van der Waals surface area contributed by atoms with E-state index in [0.717, 1.165) is 25.9 Å². The third kappa shape index (κ3) is 10.4. The molecule has 0 aromatic heterocycles. The molecule has 0 bridgehead atoms. The summed E-state index contributed by atoms with van der Waals surface area (Å²) in [6.07, 6.45) is 9.93. The van der Waals surface area contributed by atoms with Gasteiger partial charge in [-0.05, 0) is 26.3 Å². The van der Waals surface area contributed by atoms with Crippen LogP contribution in [-0.4, -0.2) is 23.8 Å². The summed E-state index contributed by atoms with van der Waals surface area (Å²) in [5.74, 6) is 0. The van der Waals surface area contributed by atoms with Crippen LogP contribution in [0.25, 0.3) is 0 Å². The Bertz CT molecular complexity index is 146. The Labute approximate surface area is 102 Å². The van der Waals surface area contributed by atoms with Gasteiger partial charge in [-0.1, -0.05) is 52.4 Å². The second-order valence-corrected chi connectivity index (χ2v) is 5.19. The van der Waals surface area contributed by atoms with E-state index < -0.39 is 5.60 Å². The fourth-order valence-electron chi connectivity index (χ4n) is 2.01. The van der Waals surface area contributed by atoms with Gasteiger partial charge in [-0.15, -0.1) is 0 Å². The molecule has 0 aromatic rings. The van der Waals surface area contributed by atoms with Crippen molar-refractivity contribution in [2.24, 2.45) is 0 Å². The highest BCUT2D eigenvalue weighted by molar-refractivity contribution is 4.74. The van der Waals surface area contributed by atoms with Crippen LogP contribution in [0.5, 0.6) is 0 Å². The summed E-state index contributed by atoms with van der Waals surface area (Å²) in [5, 5.41) is 13.3. The molecule has 0 aromatic carbocycles. The van der Waals surface area contributed by atoms with E-state index >= 15 is 0 Å². The van der Waals surface area contributed by atoms with E-state index in [2.05, 4.69) is 19.2 Å². The Balaban J connectivity index is 3.20. The Kier molecular flexibility index (Phi) is 10.0. The first-order valence-corrected chi connectivity index (χ1v) is 7.05. The molecular formula is C14H31NO. The van der Waals surface area contributed by atoms with Crippen LogP contribution in [0.1, 0.15) is 72.1 Å². The van der Waals surface area contributed by atoms with Crippen molar-refractivity contribution in [2.75, 3.05) is 13.1 Å². The number of nitrogens with one attached hydrogen (secondary N) is 1. The minimum absolute atomic E-state index is 0.517. The summed E-state index contributed by atoms with van der Waals surface area (Å²) >= 11 is 0. The Morgan fingerprint density at radius 3 is 2.19 bits per heavy atom. The second kappa shape index (κ2) is 10.1. The molecule has 0 fully saturated rings. The summed E-state index contributed by atoms with van der Waals surface area (Å²) < 4.78 is 0. The number of unbranched alkanes of at least 4 members (excludes halogenated alkanes) is 5.